The van der Waals surface area contributed by atoms with Crippen molar-refractivity contribution in [2.75, 3.05) is 33.0 Å². The van der Waals surface area contributed by atoms with Gasteiger partial charge >= 0.3 is 0 Å². The summed E-state index contributed by atoms with van der Waals surface area (Å²) in [6.45, 7) is 5.19. The Balaban J connectivity index is 0.000000144. The van der Waals surface area contributed by atoms with Crippen LogP contribution < -0.4 is 0 Å². The summed E-state index contributed by atoms with van der Waals surface area (Å²) in [7, 11) is 0. The van der Waals surface area contributed by atoms with Crippen molar-refractivity contribution < 1.29 is 29.5 Å². The Morgan fingerprint density at radius 1 is 0.615 bits per heavy atom. The normalized spacial score (nSPS) is 16.6. The molecule has 0 saturated carbocycles. The Hall–Kier alpha value is -3.68. The maximum Gasteiger partial charge on any atom is 0.115 e. The molecule has 0 bridgehead atoms. The van der Waals surface area contributed by atoms with E-state index < -0.39 is 0 Å². The van der Waals surface area contributed by atoms with E-state index in [4.69, 9.17) is 29.5 Å². The number of hydrogen-bond acceptors (Lipinski definition) is 6. The number of hydrogen-bond donors (Lipinski definition) is 3. The van der Waals surface area contributed by atoms with Gasteiger partial charge in [-0.1, -0.05) is 84.9 Å². The Kier molecular flexibility index (Phi) is 13.0. The first kappa shape index (κ1) is 29.9. The van der Waals surface area contributed by atoms with E-state index in [2.05, 4.69) is 48.5 Å². The number of rotatable bonds is 4. The quantitative estimate of drug-likeness (QED) is 0.253. The second kappa shape index (κ2) is 17.0. The van der Waals surface area contributed by atoms with Crippen molar-refractivity contribution >= 4 is 0 Å². The number of fused-ring (bicyclic) bond motifs is 3. The van der Waals surface area contributed by atoms with Crippen LogP contribution in [0.5, 0.6) is 11.5 Å². The molecule has 1 aliphatic carbocycles. The maximum atomic E-state index is 8.63. The zero-order valence-electron chi connectivity index (χ0n) is 22.4. The number of ether oxygens (including phenoxy) is 3. The number of para-hydroxylation sites is 2. The number of epoxide rings is 2. The highest BCUT2D eigenvalue weighted by Crippen LogP contribution is 2.35. The molecule has 0 radical (unpaired) electrons. The highest BCUT2D eigenvalue weighted by molar-refractivity contribution is 5.76. The van der Waals surface area contributed by atoms with Crippen molar-refractivity contribution in [3.05, 3.63) is 120 Å². The van der Waals surface area contributed by atoms with E-state index in [0.29, 0.717) is 23.7 Å². The SMILES string of the molecule is C(OCC1CO1)C1CO1.CCO.Oc1ccccc1.Oc1ccccc1.c1ccc2c(c1)Cc1ccccc1-2. The van der Waals surface area contributed by atoms with Gasteiger partial charge in [0.25, 0.3) is 0 Å². The van der Waals surface area contributed by atoms with Crippen molar-refractivity contribution in [3.63, 3.8) is 0 Å². The van der Waals surface area contributed by atoms with Crippen LogP contribution in [0.2, 0.25) is 0 Å². The molecule has 3 N–H and O–H groups in total. The first-order valence-electron chi connectivity index (χ1n) is 13.2. The summed E-state index contributed by atoms with van der Waals surface area (Å²) < 4.78 is 15.1. The molecule has 2 saturated heterocycles. The second-order valence-electron chi connectivity index (χ2n) is 8.93. The van der Waals surface area contributed by atoms with Crippen LogP contribution in [0.25, 0.3) is 11.1 Å². The monoisotopic (exact) mass is 530 g/mol. The molecule has 2 atom stereocenters. The Morgan fingerprint density at radius 3 is 1.26 bits per heavy atom. The molecule has 39 heavy (non-hydrogen) atoms. The summed E-state index contributed by atoms with van der Waals surface area (Å²) >= 11 is 0. The van der Waals surface area contributed by atoms with Crippen molar-refractivity contribution in [1.82, 2.24) is 0 Å². The van der Waals surface area contributed by atoms with Crippen molar-refractivity contribution in [1.29, 1.82) is 0 Å². The summed E-state index contributed by atoms with van der Waals surface area (Å²) in [5.74, 6) is 0.644. The summed E-state index contributed by atoms with van der Waals surface area (Å²) in [5.41, 5.74) is 5.75. The number of phenolic OH excluding ortho intramolecular Hbond substituents is 2. The van der Waals surface area contributed by atoms with Crippen LogP contribution in [0.15, 0.2) is 109 Å². The number of benzene rings is 4. The van der Waals surface area contributed by atoms with Crippen LogP contribution >= 0.6 is 0 Å². The molecule has 2 heterocycles. The minimum absolute atomic E-state index is 0.250. The molecule has 7 rings (SSSR count). The maximum absolute atomic E-state index is 8.63. The number of aliphatic hydroxyl groups excluding tert-OH is 1. The minimum atomic E-state index is 0.250. The Labute approximate surface area is 231 Å². The molecule has 2 aliphatic heterocycles. The number of aromatic hydroxyl groups is 2. The molecule has 4 aromatic rings. The van der Waals surface area contributed by atoms with Crippen LogP contribution in [0, 0.1) is 0 Å². The van der Waals surface area contributed by atoms with Gasteiger partial charge < -0.3 is 29.5 Å². The van der Waals surface area contributed by atoms with E-state index in [1.807, 2.05) is 12.1 Å². The largest absolute Gasteiger partial charge is 0.508 e. The topological polar surface area (TPSA) is 95.0 Å². The lowest BCUT2D eigenvalue weighted by Gasteiger charge is -1.98. The summed E-state index contributed by atoms with van der Waals surface area (Å²) in [5, 5.41) is 24.8. The van der Waals surface area contributed by atoms with Gasteiger partial charge in [-0.2, -0.15) is 0 Å². The highest BCUT2D eigenvalue weighted by Gasteiger charge is 2.26. The van der Waals surface area contributed by atoms with Crippen LogP contribution in [-0.2, 0) is 20.6 Å². The molecule has 0 aromatic heterocycles. The molecule has 206 valence electrons. The zero-order valence-corrected chi connectivity index (χ0v) is 22.4. The van der Waals surface area contributed by atoms with Crippen molar-refractivity contribution in [2.45, 2.75) is 25.6 Å². The van der Waals surface area contributed by atoms with Crippen LogP contribution in [-0.4, -0.2) is 60.6 Å². The first-order chi connectivity index (χ1) is 19.1. The molecule has 0 amide bonds. The molecule has 6 nitrogen and oxygen atoms in total. The predicted octanol–water partition coefficient (Wildman–Crippen LogP) is 5.84. The number of aliphatic hydroxyl groups is 1. The van der Waals surface area contributed by atoms with Gasteiger partial charge in [0, 0.05) is 6.61 Å². The molecular formula is C33H38O6. The molecule has 4 aromatic carbocycles. The highest BCUT2D eigenvalue weighted by atomic mass is 16.6. The molecular weight excluding hydrogens is 492 g/mol. The van der Waals surface area contributed by atoms with Gasteiger partial charge in [-0.15, -0.1) is 0 Å². The fraction of sp³-hybridized carbons (Fsp3) is 0.273. The third-order valence-corrected chi connectivity index (χ3v) is 5.63. The lowest BCUT2D eigenvalue weighted by molar-refractivity contribution is 0.102. The molecule has 2 fully saturated rings. The van der Waals surface area contributed by atoms with Gasteiger partial charge in [0.15, 0.2) is 0 Å². The van der Waals surface area contributed by atoms with E-state index in [0.717, 1.165) is 32.8 Å². The van der Waals surface area contributed by atoms with Crippen molar-refractivity contribution in [2.24, 2.45) is 0 Å². The van der Waals surface area contributed by atoms with E-state index in [1.54, 1.807) is 55.5 Å². The van der Waals surface area contributed by atoms with Gasteiger partial charge in [0.1, 0.15) is 23.7 Å². The third kappa shape index (κ3) is 12.1. The van der Waals surface area contributed by atoms with Crippen molar-refractivity contribution in [3.8, 4) is 22.6 Å². The summed E-state index contributed by atoms with van der Waals surface area (Å²) in [6.07, 6.45) is 1.89. The van der Waals surface area contributed by atoms with Crippen LogP contribution in [0.3, 0.4) is 0 Å². The average molecular weight is 531 g/mol. The van der Waals surface area contributed by atoms with E-state index in [9.17, 15) is 0 Å². The van der Waals surface area contributed by atoms with Crippen LogP contribution in [0.1, 0.15) is 18.1 Å². The third-order valence-electron chi connectivity index (χ3n) is 5.63. The van der Waals surface area contributed by atoms with Gasteiger partial charge in [0.2, 0.25) is 0 Å². The van der Waals surface area contributed by atoms with E-state index in [1.165, 1.54) is 22.3 Å². The molecule has 3 aliphatic rings. The second-order valence-corrected chi connectivity index (χ2v) is 8.93. The number of phenols is 2. The smallest absolute Gasteiger partial charge is 0.115 e. The molecule has 2 unspecified atom stereocenters. The van der Waals surface area contributed by atoms with Gasteiger partial charge in [-0.25, -0.2) is 0 Å². The van der Waals surface area contributed by atoms with Crippen LogP contribution in [0.4, 0.5) is 0 Å². The summed E-state index contributed by atoms with van der Waals surface area (Å²) in [4.78, 5) is 0. The first-order valence-corrected chi connectivity index (χ1v) is 13.2. The fourth-order valence-corrected chi connectivity index (χ4v) is 3.60. The fourth-order valence-electron chi connectivity index (χ4n) is 3.60. The van der Waals surface area contributed by atoms with E-state index in [-0.39, 0.29) is 6.61 Å². The summed E-state index contributed by atoms with van der Waals surface area (Å²) in [6, 6.07) is 34.7. The Morgan fingerprint density at radius 2 is 0.949 bits per heavy atom. The van der Waals surface area contributed by atoms with Gasteiger partial charge in [-0.05, 0) is 59.9 Å². The van der Waals surface area contributed by atoms with Gasteiger partial charge in [-0.3, -0.25) is 0 Å². The molecule has 0 spiro atoms. The van der Waals surface area contributed by atoms with E-state index >= 15 is 0 Å². The minimum Gasteiger partial charge on any atom is -0.508 e. The lowest BCUT2D eigenvalue weighted by atomic mass is 10.1. The lowest BCUT2D eigenvalue weighted by Crippen LogP contribution is -2.06. The standard InChI is InChI=1S/C13H10.C6H10O3.2C6H6O.C2H6O/c1-3-7-12-10(5-1)9-11-6-2-4-8-13(11)12;1(5-3-8-5)7-2-6-4-9-6;2*7-6-4-2-1-3-5-6;1-2-3/h1-8H,9H2;5-6H,1-4H2;2*1-5,7H;3H,2H2,1H3. The average Bonchev–Trinajstić information content (AvgIpc) is 3.90. The zero-order chi connectivity index (χ0) is 27.7. The Bertz CT molecular complexity index is 1100. The molecule has 6 heteroatoms. The van der Waals surface area contributed by atoms with Gasteiger partial charge in [0.05, 0.1) is 26.4 Å². The predicted molar refractivity (Wildman–Crippen MR) is 154 cm³/mol.